The van der Waals surface area contributed by atoms with Crippen molar-refractivity contribution in [3.05, 3.63) is 125 Å². The van der Waals surface area contributed by atoms with Crippen LogP contribution in [0.1, 0.15) is 33.0 Å². The van der Waals surface area contributed by atoms with Crippen LogP contribution in [0.25, 0.3) is 0 Å². The van der Waals surface area contributed by atoms with Gasteiger partial charge in [0.05, 0.1) is 11.5 Å². The maximum Gasteiger partial charge on any atom is 0.177 e. The highest BCUT2D eigenvalue weighted by molar-refractivity contribution is 6.04. The van der Waals surface area contributed by atoms with Gasteiger partial charge in [-0.2, -0.15) is 0 Å². The molecular weight excluding hydrogens is 412 g/mol. The molecule has 1 aliphatic heterocycles. The molecule has 0 spiro atoms. The summed E-state index contributed by atoms with van der Waals surface area (Å²) in [5.74, 6) is 1.75. The number of carbonyl (C=O) groups is 1. The minimum atomic E-state index is -0.336. The monoisotopic (exact) mass is 436 g/mol. The first-order valence-electron chi connectivity index (χ1n) is 11.0. The molecule has 1 atom stereocenters. The van der Waals surface area contributed by atoms with Crippen LogP contribution >= 0.6 is 0 Å². The fourth-order valence-corrected chi connectivity index (χ4v) is 3.88. The summed E-state index contributed by atoms with van der Waals surface area (Å²) in [4.78, 5) is 13.2. The van der Waals surface area contributed by atoms with Crippen molar-refractivity contribution in [1.82, 2.24) is 0 Å². The van der Waals surface area contributed by atoms with Crippen LogP contribution < -0.4 is 14.2 Å². The number of carbonyl (C=O) groups excluding carboxylic acids is 1. The van der Waals surface area contributed by atoms with E-state index in [4.69, 9.17) is 14.2 Å². The molecule has 4 aromatic rings. The van der Waals surface area contributed by atoms with E-state index in [0.29, 0.717) is 36.9 Å². The first kappa shape index (κ1) is 20.8. The normalized spacial score (nSPS) is 14.8. The molecule has 4 heteroatoms. The van der Waals surface area contributed by atoms with E-state index in [9.17, 15) is 4.79 Å². The molecule has 33 heavy (non-hydrogen) atoms. The molecule has 0 amide bonds. The van der Waals surface area contributed by atoms with Crippen LogP contribution in [-0.4, -0.2) is 12.4 Å². The van der Waals surface area contributed by atoms with Gasteiger partial charge in [0.1, 0.15) is 37.1 Å². The number of benzene rings is 4. The first-order valence-corrected chi connectivity index (χ1v) is 11.0. The van der Waals surface area contributed by atoms with Crippen LogP contribution in [0.15, 0.2) is 103 Å². The zero-order valence-electron chi connectivity index (χ0n) is 18.1. The molecule has 5 rings (SSSR count). The van der Waals surface area contributed by atoms with Gasteiger partial charge in [-0.1, -0.05) is 72.8 Å². The molecule has 1 heterocycles. The highest BCUT2D eigenvalue weighted by Gasteiger charge is 2.30. The van der Waals surface area contributed by atoms with Gasteiger partial charge in [-0.15, -0.1) is 0 Å². The summed E-state index contributed by atoms with van der Waals surface area (Å²) >= 11 is 0. The summed E-state index contributed by atoms with van der Waals surface area (Å²) in [5, 5.41) is 0. The van der Waals surface area contributed by atoms with Crippen LogP contribution in [0.3, 0.4) is 0 Å². The summed E-state index contributed by atoms with van der Waals surface area (Å²) in [7, 11) is 0. The van der Waals surface area contributed by atoms with E-state index in [2.05, 4.69) is 0 Å². The lowest BCUT2D eigenvalue weighted by atomic mass is 9.89. The Labute approximate surface area is 193 Å². The van der Waals surface area contributed by atoms with E-state index in [1.54, 1.807) is 12.1 Å². The maximum atomic E-state index is 13.2. The highest BCUT2D eigenvalue weighted by Crippen LogP contribution is 2.35. The summed E-state index contributed by atoms with van der Waals surface area (Å²) in [6.45, 7) is 1.28. The number of fused-ring (bicyclic) bond motifs is 1. The van der Waals surface area contributed by atoms with Gasteiger partial charge in [0.25, 0.3) is 0 Å². The van der Waals surface area contributed by atoms with Crippen molar-refractivity contribution in [2.24, 2.45) is 0 Å². The second kappa shape index (κ2) is 9.61. The molecular formula is C29H24O4. The van der Waals surface area contributed by atoms with Gasteiger partial charge in [0.15, 0.2) is 5.78 Å². The van der Waals surface area contributed by atoms with E-state index in [1.165, 1.54) is 0 Å². The molecule has 0 bridgehead atoms. The number of hydrogen-bond donors (Lipinski definition) is 0. The van der Waals surface area contributed by atoms with Gasteiger partial charge in [-0.05, 0) is 41.0 Å². The third-order valence-electron chi connectivity index (χ3n) is 5.72. The lowest BCUT2D eigenvalue weighted by molar-refractivity contribution is 0.0895. The van der Waals surface area contributed by atoms with Crippen molar-refractivity contribution in [2.45, 2.75) is 19.1 Å². The van der Waals surface area contributed by atoms with E-state index in [-0.39, 0.29) is 11.7 Å². The van der Waals surface area contributed by atoms with E-state index < -0.39 is 0 Å². The van der Waals surface area contributed by atoms with Crippen LogP contribution in [0.5, 0.6) is 17.2 Å². The average molecular weight is 437 g/mol. The molecule has 0 aromatic heterocycles. The average Bonchev–Trinajstić information content (AvgIpc) is 2.88. The van der Waals surface area contributed by atoms with Gasteiger partial charge < -0.3 is 14.2 Å². The fourth-order valence-electron chi connectivity index (χ4n) is 3.88. The molecule has 0 unspecified atom stereocenters. The molecule has 0 saturated carbocycles. The van der Waals surface area contributed by atoms with Crippen molar-refractivity contribution in [1.29, 1.82) is 0 Å². The maximum absolute atomic E-state index is 13.2. The van der Waals surface area contributed by atoms with Crippen molar-refractivity contribution in [2.75, 3.05) is 6.61 Å². The minimum Gasteiger partial charge on any atom is -0.492 e. The molecule has 1 aliphatic rings. The molecule has 0 fully saturated rings. The van der Waals surface area contributed by atoms with E-state index >= 15 is 0 Å². The first-order chi connectivity index (χ1) is 16.3. The quantitative estimate of drug-likeness (QED) is 0.346. The smallest absolute Gasteiger partial charge is 0.177 e. The lowest BCUT2D eigenvalue weighted by Crippen LogP contribution is -2.26. The molecule has 0 aliphatic carbocycles. The Morgan fingerprint density at radius 3 is 1.91 bits per heavy atom. The minimum absolute atomic E-state index is 0.0591. The van der Waals surface area contributed by atoms with E-state index in [1.807, 2.05) is 91.0 Å². The number of Topliss-reactive ketones (excluding diaryl/α,β-unsaturated/α-hetero) is 1. The Bertz CT molecular complexity index is 1220. The second-order valence-corrected chi connectivity index (χ2v) is 8.00. The zero-order chi connectivity index (χ0) is 22.5. The topological polar surface area (TPSA) is 44.8 Å². The standard InChI is InChI=1S/C29H24O4/c30-29-26-16-15-25(32-19-22-9-5-2-6-10-22)17-28(26)33-20-27(29)23-11-13-24(14-12-23)31-18-21-7-3-1-4-8-21/h1-17,27H,18-20H2/t27-/m1/s1. The Morgan fingerprint density at radius 1 is 0.697 bits per heavy atom. The molecule has 0 saturated heterocycles. The molecule has 4 nitrogen and oxygen atoms in total. The summed E-state index contributed by atoms with van der Waals surface area (Å²) < 4.78 is 17.7. The fraction of sp³-hybridized carbons (Fsp3) is 0.138. The Balaban J connectivity index is 1.23. The SMILES string of the molecule is O=C1c2ccc(OCc3ccccc3)cc2OC[C@@H]1c1ccc(OCc2ccccc2)cc1. The van der Waals surface area contributed by atoms with Crippen molar-refractivity contribution < 1.29 is 19.0 Å². The highest BCUT2D eigenvalue weighted by atomic mass is 16.5. The number of hydrogen-bond acceptors (Lipinski definition) is 4. The van der Waals surface area contributed by atoms with Gasteiger partial charge in [0.2, 0.25) is 0 Å². The number of ketones is 1. The van der Waals surface area contributed by atoms with Gasteiger partial charge in [0, 0.05) is 6.07 Å². The van der Waals surface area contributed by atoms with Gasteiger partial charge in [-0.3, -0.25) is 4.79 Å². The van der Waals surface area contributed by atoms with Crippen molar-refractivity contribution in [3.8, 4) is 17.2 Å². The Morgan fingerprint density at radius 2 is 1.27 bits per heavy atom. The molecule has 0 N–H and O–H groups in total. The van der Waals surface area contributed by atoms with Gasteiger partial charge >= 0.3 is 0 Å². The van der Waals surface area contributed by atoms with Crippen molar-refractivity contribution >= 4 is 5.78 Å². The molecule has 4 aromatic carbocycles. The van der Waals surface area contributed by atoms with Crippen LogP contribution in [0, 0.1) is 0 Å². The van der Waals surface area contributed by atoms with Crippen LogP contribution in [0.4, 0.5) is 0 Å². The van der Waals surface area contributed by atoms with E-state index in [0.717, 1.165) is 22.4 Å². The van der Waals surface area contributed by atoms with Gasteiger partial charge in [-0.25, -0.2) is 0 Å². The summed E-state index contributed by atoms with van der Waals surface area (Å²) in [6.07, 6.45) is 0. The third-order valence-corrected chi connectivity index (χ3v) is 5.72. The lowest BCUT2D eigenvalue weighted by Gasteiger charge is -2.25. The summed E-state index contributed by atoms with van der Waals surface area (Å²) in [6, 6.07) is 33.1. The van der Waals surface area contributed by atoms with Crippen LogP contribution in [0.2, 0.25) is 0 Å². The Kier molecular flexibility index (Phi) is 6.07. The third kappa shape index (κ3) is 4.90. The summed E-state index contributed by atoms with van der Waals surface area (Å²) in [5.41, 5.74) is 3.70. The predicted octanol–water partition coefficient (Wildman–Crippen LogP) is 6.20. The second-order valence-electron chi connectivity index (χ2n) is 8.00. The largest absolute Gasteiger partial charge is 0.492 e. The molecule has 0 radical (unpaired) electrons. The number of rotatable bonds is 7. The zero-order valence-corrected chi connectivity index (χ0v) is 18.1. The molecule has 164 valence electrons. The predicted molar refractivity (Wildman–Crippen MR) is 127 cm³/mol. The van der Waals surface area contributed by atoms with Crippen molar-refractivity contribution in [3.63, 3.8) is 0 Å². The number of ether oxygens (including phenoxy) is 3. The Hall–Kier alpha value is -4.05. The van der Waals surface area contributed by atoms with Crippen LogP contribution in [-0.2, 0) is 13.2 Å².